The lowest BCUT2D eigenvalue weighted by molar-refractivity contribution is -0.0489. The van der Waals surface area contributed by atoms with E-state index in [0.717, 1.165) is 25.9 Å². The van der Waals surface area contributed by atoms with Gasteiger partial charge in [0.1, 0.15) is 17.4 Å². The van der Waals surface area contributed by atoms with E-state index in [9.17, 15) is 4.79 Å². The molecule has 5 nitrogen and oxygen atoms in total. The number of hydrogen-bond donors (Lipinski definition) is 1. The molecule has 2 heterocycles. The van der Waals surface area contributed by atoms with E-state index < -0.39 is 0 Å². The van der Waals surface area contributed by atoms with E-state index in [1.54, 1.807) is 19.2 Å². The third kappa shape index (κ3) is 1.95. The number of nitrogens with zero attached hydrogens (tertiary/aromatic N) is 2. The zero-order valence-corrected chi connectivity index (χ0v) is 12.5. The maximum Gasteiger partial charge on any atom is 0.262 e. The van der Waals surface area contributed by atoms with Crippen LogP contribution in [-0.4, -0.2) is 28.7 Å². The molecule has 1 aliphatic heterocycles. The molecule has 1 spiro atoms. The Kier molecular flexibility index (Phi) is 2.78. The minimum absolute atomic E-state index is 0.149. The molecule has 0 bridgehead atoms. The molecule has 1 saturated carbocycles. The van der Waals surface area contributed by atoms with Gasteiger partial charge in [0.15, 0.2) is 0 Å². The number of benzene rings is 1. The normalized spacial score (nSPS) is 20.3. The van der Waals surface area contributed by atoms with Gasteiger partial charge in [0.05, 0.1) is 16.7 Å². The molecule has 1 N–H and O–H groups in total. The number of hydrogen-bond acceptors (Lipinski definition) is 4. The lowest BCUT2D eigenvalue weighted by Crippen LogP contribution is -2.62. The maximum atomic E-state index is 12.2. The summed E-state index contributed by atoms with van der Waals surface area (Å²) in [4.78, 5) is 16.5. The van der Waals surface area contributed by atoms with E-state index in [1.165, 1.54) is 10.9 Å². The van der Waals surface area contributed by atoms with Crippen LogP contribution in [0.1, 0.15) is 12.8 Å². The molecule has 1 aromatic heterocycles. The van der Waals surface area contributed by atoms with Gasteiger partial charge >= 0.3 is 0 Å². The highest BCUT2D eigenvalue weighted by Crippen LogP contribution is 2.46. The second-order valence-electron chi connectivity index (χ2n) is 6.18. The van der Waals surface area contributed by atoms with Crippen LogP contribution in [0.4, 0.5) is 0 Å². The van der Waals surface area contributed by atoms with Crippen LogP contribution in [0, 0.1) is 5.41 Å². The zero-order valence-electron chi connectivity index (χ0n) is 11.7. The molecule has 0 atom stereocenters. The van der Waals surface area contributed by atoms with E-state index in [-0.39, 0.29) is 11.7 Å². The van der Waals surface area contributed by atoms with E-state index in [1.807, 2.05) is 0 Å². The number of halogens is 1. The Balaban J connectivity index is 1.68. The van der Waals surface area contributed by atoms with E-state index in [0.29, 0.717) is 27.1 Å². The first-order chi connectivity index (χ1) is 10.1. The summed E-state index contributed by atoms with van der Waals surface area (Å²) >= 11 is 6.15. The Morgan fingerprint density at radius 1 is 1.43 bits per heavy atom. The summed E-state index contributed by atoms with van der Waals surface area (Å²) in [5.74, 6) is 0.652. The monoisotopic (exact) mass is 305 g/mol. The first-order valence-electron chi connectivity index (χ1n) is 7.09. The summed E-state index contributed by atoms with van der Waals surface area (Å²) in [7, 11) is 1.66. The molecule has 4 rings (SSSR count). The van der Waals surface area contributed by atoms with Crippen LogP contribution in [0.25, 0.3) is 10.9 Å². The van der Waals surface area contributed by atoms with Crippen molar-refractivity contribution in [2.24, 2.45) is 12.5 Å². The minimum atomic E-state index is -0.149. The van der Waals surface area contributed by atoms with Gasteiger partial charge in [0, 0.05) is 25.6 Å². The summed E-state index contributed by atoms with van der Waals surface area (Å²) in [6.07, 6.45) is 3.85. The van der Waals surface area contributed by atoms with E-state index >= 15 is 0 Å². The quantitative estimate of drug-likeness (QED) is 0.918. The van der Waals surface area contributed by atoms with Crippen molar-refractivity contribution in [1.29, 1.82) is 0 Å². The molecule has 1 aromatic carbocycles. The fourth-order valence-electron chi connectivity index (χ4n) is 3.28. The molecule has 1 saturated heterocycles. The van der Waals surface area contributed by atoms with Gasteiger partial charge < -0.3 is 14.6 Å². The summed E-state index contributed by atoms with van der Waals surface area (Å²) in [5.41, 5.74) is 0.859. The number of aryl methyl sites for hydroxylation is 1. The van der Waals surface area contributed by atoms with E-state index in [4.69, 9.17) is 16.3 Å². The van der Waals surface area contributed by atoms with Gasteiger partial charge in [-0.1, -0.05) is 11.6 Å². The molecule has 0 unspecified atom stereocenters. The van der Waals surface area contributed by atoms with Gasteiger partial charge in [-0.2, -0.15) is 0 Å². The highest BCUT2D eigenvalue weighted by atomic mass is 35.5. The summed E-state index contributed by atoms with van der Waals surface area (Å²) in [5, 5.41) is 4.15. The van der Waals surface area contributed by atoms with Crippen molar-refractivity contribution < 1.29 is 4.74 Å². The second kappa shape index (κ2) is 4.45. The number of nitrogens with one attached hydrogen (secondary N) is 1. The smallest absolute Gasteiger partial charge is 0.262 e. The average molecular weight is 306 g/mol. The van der Waals surface area contributed by atoms with Crippen LogP contribution in [0.3, 0.4) is 0 Å². The van der Waals surface area contributed by atoms with Crippen molar-refractivity contribution in [3.63, 3.8) is 0 Å². The van der Waals surface area contributed by atoms with E-state index in [2.05, 4.69) is 10.3 Å². The lowest BCUT2D eigenvalue weighted by Gasteiger charge is -2.53. The summed E-state index contributed by atoms with van der Waals surface area (Å²) in [6.45, 7) is 2.18. The first-order valence-corrected chi connectivity index (χ1v) is 7.47. The Bertz CT molecular complexity index is 774. The SMILES string of the molecule is Cn1cnc2c(OC3CC4(CNC4)C3)ccc(Cl)c2c1=O. The molecule has 0 amide bonds. The Morgan fingerprint density at radius 2 is 2.19 bits per heavy atom. The van der Waals surface area contributed by atoms with Gasteiger partial charge in [0.2, 0.25) is 0 Å². The number of fused-ring (bicyclic) bond motifs is 1. The minimum Gasteiger partial charge on any atom is -0.488 e. The molecule has 110 valence electrons. The van der Waals surface area contributed by atoms with Crippen molar-refractivity contribution in [2.75, 3.05) is 13.1 Å². The largest absolute Gasteiger partial charge is 0.488 e. The third-order valence-electron chi connectivity index (χ3n) is 4.60. The number of aromatic nitrogens is 2. The van der Waals surface area contributed by atoms with Crippen LogP contribution in [0.2, 0.25) is 5.02 Å². The zero-order chi connectivity index (χ0) is 14.6. The molecule has 2 aromatic rings. The Labute approximate surface area is 126 Å². The van der Waals surface area contributed by atoms with Crippen LogP contribution < -0.4 is 15.6 Å². The number of rotatable bonds is 2. The van der Waals surface area contributed by atoms with Gasteiger partial charge in [-0.25, -0.2) is 4.98 Å². The van der Waals surface area contributed by atoms with Crippen molar-refractivity contribution in [2.45, 2.75) is 18.9 Å². The van der Waals surface area contributed by atoms with Crippen molar-refractivity contribution in [1.82, 2.24) is 14.9 Å². The molecule has 1 aliphatic carbocycles. The Hall–Kier alpha value is -1.59. The second-order valence-corrected chi connectivity index (χ2v) is 6.59. The molecule has 0 radical (unpaired) electrons. The van der Waals surface area contributed by atoms with Crippen molar-refractivity contribution in [3.8, 4) is 5.75 Å². The molecule has 2 aliphatic rings. The predicted molar refractivity (Wildman–Crippen MR) is 80.9 cm³/mol. The summed E-state index contributed by atoms with van der Waals surface area (Å²) < 4.78 is 7.47. The molecule has 6 heteroatoms. The number of ether oxygens (including phenoxy) is 1. The lowest BCUT2D eigenvalue weighted by atomic mass is 9.63. The first kappa shape index (κ1) is 13.1. The summed E-state index contributed by atoms with van der Waals surface area (Å²) in [6, 6.07) is 3.52. The molecule has 2 fully saturated rings. The van der Waals surface area contributed by atoms with Crippen molar-refractivity contribution >= 4 is 22.5 Å². The highest BCUT2D eigenvalue weighted by molar-refractivity contribution is 6.35. The Morgan fingerprint density at radius 3 is 2.86 bits per heavy atom. The predicted octanol–water partition coefficient (Wildman–Crippen LogP) is 1.72. The highest BCUT2D eigenvalue weighted by Gasteiger charge is 2.49. The van der Waals surface area contributed by atoms with Crippen molar-refractivity contribution in [3.05, 3.63) is 33.8 Å². The molecular weight excluding hydrogens is 290 g/mol. The third-order valence-corrected chi connectivity index (χ3v) is 4.91. The van der Waals surface area contributed by atoms with Crippen LogP contribution in [0.5, 0.6) is 5.75 Å². The fourth-order valence-corrected chi connectivity index (χ4v) is 3.52. The standard InChI is InChI=1S/C15H16ClN3O2/c1-19-8-18-13-11(3-2-10(16)12(13)14(19)20)21-9-4-15(5-9)6-17-7-15/h2-3,8-9,17H,4-7H2,1H3. The fraction of sp³-hybridized carbons (Fsp3) is 0.467. The van der Waals surface area contributed by atoms with Gasteiger partial charge in [0.25, 0.3) is 5.56 Å². The maximum absolute atomic E-state index is 12.2. The van der Waals surface area contributed by atoms with Crippen LogP contribution in [-0.2, 0) is 7.05 Å². The van der Waals surface area contributed by atoms with Gasteiger partial charge in [-0.05, 0) is 25.0 Å². The van der Waals surface area contributed by atoms with Gasteiger partial charge in [-0.15, -0.1) is 0 Å². The molecule has 21 heavy (non-hydrogen) atoms. The average Bonchev–Trinajstić information content (AvgIpc) is 2.37. The van der Waals surface area contributed by atoms with Gasteiger partial charge in [-0.3, -0.25) is 4.79 Å². The topological polar surface area (TPSA) is 56.1 Å². The molecular formula is C15H16ClN3O2. The van der Waals surface area contributed by atoms with Crippen LogP contribution in [0.15, 0.2) is 23.3 Å². The van der Waals surface area contributed by atoms with Crippen LogP contribution >= 0.6 is 11.6 Å².